The summed E-state index contributed by atoms with van der Waals surface area (Å²) in [5.74, 6) is 0. The Bertz CT molecular complexity index is 635. The Hall–Kier alpha value is -2.16. The molecule has 1 aliphatic rings. The smallest absolute Gasteiger partial charge is 0.0789 e. The van der Waals surface area contributed by atoms with Crippen LogP contribution < -0.4 is 5.73 Å². The predicted molar refractivity (Wildman–Crippen MR) is 123 cm³/mol. The van der Waals surface area contributed by atoms with Crippen LogP contribution in [-0.4, -0.2) is 11.4 Å². The maximum Gasteiger partial charge on any atom is 0.0789 e. The monoisotopic (exact) mass is 369 g/mol. The maximum absolute atomic E-state index is 7.03. The molecule has 0 amide bonds. The molecule has 0 unspecified atom stereocenters. The van der Waals surface area contributed by atoms with E-state index in [0.29, 0.717) is 0 Å². The van der Waals surface area contributed by atoms with Gasteiger partial charge in [-0.1, -0.05) is 73.6 Å². The second-order valence-corrected chi connectivity index (χ2v) is 7.86. The number of anilines is 1. The molecule has 27 heavy (non-hydrogen) atoms. The van der Waals surface area contributed by atoms with E-state index in [1.165, 1.54) is 11.1 Å². The van der Waals surface area contributed by atoms with Gasteiger partial charge in [-0.25, -0.2) is 0 Å². The van der Waals surface area contributed by atoms with Gasteiger partial charge in [0.1, 0.15) is 0 Å². The molecule has 1 aliphatic carbocycles. The summed E-state index contributed by atoms with van der Waals surface area (Å²) in [7, 11) is 0. The number of benzene rings is 1. The second-order valence-electron chi connectivity index (χ2n) is 7.86. The number of allylic oxidation sites excluding steroid dienone is 4. The minimum Gasteiger partial charge on any atom is -0.399 e. The van der Waals surface area contributed by atoms with E-state index in [4.69, 9.17) is 16.6 Å². The molecule has 4 N–H and O–H groups in total. The summed E-state index contributed by atoms with van der Waals surface area (Å²) in [4.78, 5) is 0. The summed E-state index contributed by atoms with van der Waals surface area (Å²) in [6.45, 7) is 17.6. The van der Waals surface area contributed by atoms with Crippen molar-refractivity contribution in [1.29, 1.82) is 10.8 Å². The number of nitrogens with two attached hydrogens (primary N) is 1. The molecular formula is C24H39N3. The highest BCUT2D eigenvalue weighted by Crippen LogP contribution is 2.34. The van der Waals surface area contributed by atoms with E-state index in [1.54, 1.807) is 24.3 Å². The summed E-state index contributed by atoms with van der Waals surface area (Å²) in [6.07, 6.45) is 8.95. The van der Waals surface area contributed by atoms with Crippen LogP contribution in [0.15, 0.2) is 42.5 Å². The van der Waals surface area contributed by atoms with Crippen molar-refractivity contribution in [2.24, 2.45) is 0 Å². The van der Waals surface area contributed by atoms with Gasteiger partial charge in [-0.05, 0) is 59.1 Å². The molecule has 0 atom stereocenters. The summed E-state index contributed by atoms with van der Waals surface area (Å²) < 4.78 is 0. The van der Waals surface area contributed by atoms with Crippen LogP contribution in [0.25, 0.3) is 0 Å². The Morgan fingerprint density at radius 3 is 1.33 bits per heavy atom. The summed E-state index contributed by atoms with van der Waals surface area (Å²) in [5, 5.41) is 14.1. The SMILES string of the molecule is CC.CCC(C)(C)c1cc(N)cc(C(C)(C)CC)c1.N=C1C=CC=CC1=N. The summed E-state index contributed by atoms with van der Waals surface area (Å²) in [5.41, 5.74) is 10.6. The van der Waals surface area contributed by atoms with Crippen LogP contribution in [0.5, 0.6) is 0 Å². The molecule has 2 rings (SSSR count). The van der Waals surface area contributed by atoms with Crippen LogP contribution >= 0.6 is 0 Å². The lowest BCUT2D eigenvalue weighted by Gasteiger charge is -2.29. The Labute approximate surface area is 166 Å². The van der Waals surface area contributed by atoms with Gasteiger partial charge in [-0.2, -0.15) is 0 Å². The van der Waals surface area contributed by atoms with Crippen molar-refractivity contribution in [1.82, 2.24) is 0 Å². The normalized spacial score (nSPS) is 13.5. The minimum absolute atomic E-state index is 0.202. The van der Waals surface area contributed by atoms with Crippen molar-refractivity contribution in [2.75, 3.05) is 5.73 Å². The first kappa shape index (κ1) is 24.8. The minimum atomic E-state index is 0.202. The van der Waals surface area contributed by atoms with Gasteiger partial charge in [0.05, 0.1) is 11.4 Å². The number of rotatable bonds is 4. The van der Waals surface area contributed by atoms with Gasteiger partial charge in [0, 0.05) is 5.69 Å². The Morgan fingerprint density at radius 1 is 0.741 bits per heavy atom. The highest BCUT2D eigenvalue weighted by atomic mass is 14.5. The molecule has 150 valence electrons. The molecule has 0 fully saturated rings. The standard InChI is InChI=1S/C16H27N.C6H6N2.C2H6/c1-7-15(3,4)12-9-13(11-14(17)10-12)16(5,6)8-2;7-5-3-1-2-4-6(5)8;1-2/h9-11H,7-8,17H2,1-6H3;1-4,7-8H;1-2H3. The molecule has 3 nitrogen and oxygen atoms in total. The van der Waals surface area contributed by atoms with Crippen molar-refractivity contribution >= 4 is 17.1 Å². The first-order valence-corrected chi connectivity index (χ1v) is 9.97. The quantitative estimate of drug-likeness (QED) is 0.395. The van der Waals surface area contributed by atoms with E-state index < -0.39 is 0 Å². The van der Waals surface area contributed by atoms with Crippen molar-refractivity contribution < 1.29 is 0 Å². The van der Waals surface area contributed by atoms with E-state index in [2.05, 4.69) is 59.7 Å². The highest BCUT2D eigenvalue weighted by molar-refractivity contribution is 6.48. The third kappa shape index (κ3) is 7.54. The van der Waals surface area contributed by atoms with E-state index in [0.717, 1.165) is 18.5 Å². The number of hydrogen-bond acceptors (Lipinski definition) is 3. The fraction of sp³-hybridized carbons (Fsp3) is 0.500. The molecule has 0 aromatic heterocycles. The molecule has 0 saturated heterocycles. The Kier molecular flexibility index (Phi) is 9.99. The average molecular weight is 370 g/mol. The van der Waals surface area contributed by atoms with E-state index in [9.17, 15) is 0 Å². The highest BCUT2D eigenvalue weighted by Gasteiger charge is 2.23. The third-order valence-corrected chi connectivity index (χ3v) is 5.21. The number of nitrogen functional groups attached to an aromatic ring is 1. The first-order valence-electron chi connectivity index (χ1n) is 9.97. The fourth-order valence-electron chi connectivity index (χ4n) is 2.32. The molecule has 0 spiro atoms. The largest absolute Gasteiger partial charge is 0.399 e. The Morgan fingerprint density at radius 2 is 1.07 bits per heavy atom. The van der Waals surface area contributed by atoms with Crippen molar-refractivity contribution in [3.8, 4) is 0 Å². The van der Waals surface area contributed by atoms with Gasteiger partial charge < -0.3 is 5.73 Å². The van der Waals surface area contributed by atoms with Crippen LogP contribution in [0.1, 0.15) is 79.4 Å². The topological polar surface area (TPSA) is 73.7 Å². The second kappa shape index (κ2) is 10.9. The molecule has 0 saturated carbocycles. The summed E-state index contributed by atoms with van der Waals surface area (Å²) >= 11 is 0. The molecule has 3 heteroatoms. The summed E-state index contributed by atoms with van der Waals surface area (Å²) in [6, 6.07) is 6.58. The lowest BCUT2D eigenvalue weighted by molar-refractivity contribution is 0.489. The lowest BCUT2D eigenvalue weighted by atomic mass is 9.76. The zero-order valence-electron chi connectivity index (χ0n) is 18.5. The van der Waals surface area contributed by atoms with Gasteiger partial charge in [0.2, 0.25) is 0 Å². The van der Waals surface area contributed by atoms with Crippen LogP contribution in [0.4, 0.5) is 5.69 Å². The van der Waals surface area contributed by atoms with Crippen LogP contribution in [0.3, 0.4) is 0 Å². The van der Waals surface area contributed by atoms with Gasteiger partial charge >= 0.3 is 0 Å². The molecule has 0 radical (unpaired) electrons. The molecule has 0 aliphatic heterocycles. The number of hydrogen-bond donors (Lipinski definition) is 3. The van der Waals surface area contributed by atoms with Crippen LogP contribution in [0.2, 0.25) is 0 Å². The van der Waals surface area contributed by atoms with Gasteiger partial charge in [-0.15, -0.1) is 0 Å². The predicted octanol–water partition coefficient (Wildman–Crippen LogP) is 6.82. The van der Waals surface area contributed by atoms with E-state index >= 15 is 0 Å². The van der Waals surface area contributed by atoms with Gasteiger partial charge in [-0.3, -0.25) is 10.8 Å². The zero-order chi connectivity index (χ0) is 21.3. The molecule has 1 aromatic rings. The lowest BCUT2D eigenvalue weighted by Crippen LogP contribution is -2.20. The third-order valence-electron chi connectivity index (χ3n) is 5.21. The first-order chi connectivity index (χ1) is 12.5. The van der Waals surface area contributed by atoms with Crippen LogP contribution in [0, 0.1) is 10.8 Å². The van der Waals surface area contributed by atoms with Crippen LogP contribution in [-0.2, 0) is 10.8 Å². The fourth-order valence-corrected chi connectivity index (χ4v) is 2.32. The van der Waals surface area contributed by atoms with Crippen molar-refractivity contribution in [3.05, 3.63) is 53.6 Å². The van der Waals surface area contributed by atoms with Crippen molar-refractivity contribution in [2.45, 2.75) is 79.1 Å². The Balaban J connectivity index is 0.000000562. The molecular weight excluding hydrogens is 330 g/mol. The van der Waals surface area contributed by atoms with Gasteiger partial charge in [0.25, 0.3) is 0 Å². The van der Waals surface area contributed by atoms with E-state index in [1.807, 2.05) is 13.8 Å². The number of nitrogens with one attached hydrogen (secondary N) is 2. The molecule has 0 heterocycles. The molecule has 0 bridgehead atoms. The average Bonchev–Trinajstić information content (AvgIpc) is 2.66. The van der Waals surface area contributed by atoms with E-state index in [-0.39, 0.29) is 22.3 Å². The van der Waals surface area contributed by atoms with Gasteiger partial charge in [0.15, 0.2) is 0 Å². The molecule has 1 aromatic carbocycles. The van der Waals surface area contributed by atoms with Crippen molar-refractivity contribution in [3.63, 3.8) is 0 Å². The maximum atomic E-state index is 7.03. The zero-order valence-corrected chi connectivity index (χ0v) is 18.5.